The molecule has 0 aromatic carbocycles. The third kappa shape index (κ3) is 2.86. The molecule has 0 aliphatic heterocycles. The van der Waals surface area contributed by atoms with Crippen LogP contribution in [0.2, 0.25) is 0 Å². The molecule has 0 atom stereocenters. The molecule has 0 spiro atoms. The van der Waals surface area contributed by atoms with E-state index in [1.165, 1.54) is 0 Å². The van der Waals surface area contributed by atoms with Gasteiger partial charge in [0.25, 0.3) is 0 Å². The molecular weight excluding hydrogens is 222 g/mol. The summed E-state index contributed by atoms with van der Waals surface area (Å²) in [7, 11) is 0. The Morgan fingerprint density at radius 1 is 1.44 bits per heavy atom. The van der Waals surface area contributed by atoms with Crippen molar-refractivity contribution in [1.82, 2.24) is 20.2 Å². The number of thiazole rings is 1. The number of rotatable bonds is 5. The van der Waals surface area contributed by atoms with Gasteiger partial charge >= 0.3 is 0 Å². The molecule has 0 saturated carbocycles. The van der Waals surface area contributed by atoms with Crippen molar-refractivity contribution in [2.24, 2.45) is 5.73 Å². The van der Waals surface area contributed by atoms with E-state index < -0.39 is 0 Å². The van der Waals surface area contributed by atoms with Crippen molar-refractivity contribution in [3.8, 4) is 0 Å². The number of nitrogens with two attached hydrogens (primary N) is 1. The van der Waals surface area contributed by atoms with Crippen molar-refractivity contribution in [1.29, 1.82) is 0 Å². The average molecular weight is 237 g/mol. The highest BCUT2D eigenvalue weighted by Crippen LogP contribution is 2.12. The Bertz CT molecular complexity index is 448. The quantitative estimate of drug-likeness (QED) is 0.814. The number of aromatic nitrogens is 4. The van der Waals surface area contributed by atoms with Gasteiger partial charge in [0.1, 0.15) is 10.8 Å². The van der Waals surface area contributed by atoms with E-state index in [0.717, 1.165) is 41.6 Å². The SMILES string of the molecule is Cc1csc(Cc2nc(CCCN)n[nH]2)n1. The minimum absolute atomic E-state index is 0.676. The molecule has 2 heterocycles. The molecule has 0 bridgehead atoms. The number of nitrogens with one attached hydrogen (secondary N) is 1. The zero-order valence-corrected chi connectivity index (χ0v) is 10.0. The van der Waals surface area contributed by atoms with Gasteiger partial charge in [-0.3, -0.25) is 5.10 Å². The predicted molar refractivity (Wildman–Crippen MR) is 63.4 cm³/mol. The average Bonchev–Trinajstić information content (AvgIpc) is 2.86. The fourth-order valence-corrected chi connectivity index (χ4v) is 2.19. The minimum Gasteiger partial charge on any atom is -0.330 e. The fraction of sp³-hybridized carbons (Fsp3) is 0.500. The second-order valence-corrected chi connectivity index (χ2v) is 4.59. The first-order valence-corrected chi connectivity index (χ1v) is 6.17. The largest absolute Gasteiger partial charge is 0.330 e. The van der Waals surface area contributed by atoms with Crippen molar-refractivity contribution >= 4 is 11.3 Å². The highest BCUT2D eigenvalue weighted by molar-refractivity contribution is 7.09. The molecule has 0 fully saturated rings. The van der Waals surface area contributed by atoms with E-state index in [1.807, 2.05) is 12.3 Å². The Balaban J connectivity index is 1.97. The van der Waals surface area contributed by atoms with Gasteiger partial charge in [0.05, 0.1) is 6.42 Å². The predicted octanol–water partition coefficient (Wildman–Crippen LogP) is 1.05. The van der Waals surface area contributed by atoms with Gasteiger partial charge in [-0.05, 0) is 19.9 Å². The van der Waals surface area contributed by atoms with Crippen molar-refractivity contribution in [2.45, 2.75) is 26.2 Å². The van der Waals surface area contributed by atoms with Crippen molar-refractivity contribution in [3.63, 3.8) is 0 Å². The Labute approximate surface area is 98.1 Å². The molecular formula is C10H15N5S. The molecule has 0 amide bonds. The van der Waals surface area contributed by atoms with E-state index in [9.17, 15) is 0 Å². The summed E-state index contributed by atoms with van der Waals surface area (Å²) < 4.78 is 0. The lowest BCUT2D eigenvalue weighted by molar-refractivity contribution is 0.785. The smallest absolute Gasteiger partial charge is 0.150 e. The van der Waals surface area contributed by atoms with E-state index in [1.54, 1.807) is 11.3 Å². The van der Waals surface area contributed by atoms with Crippen LogP contribution in [0.4, 0.5) is 0 Å². The Morgan fingerprint density at radius 3 is 3.00 bits per heavy atom. The van der Waals surface area contributed by atoms with Crippen LogP contribution in [0, 0.1) is 6.92 Å². The first kappa shape index (κ1) is 11.2. The summed E-state index contributed by atoms with van der Waals surface area (Å²) in [5.74, 6) is 1.72. The lowest BCUT2D eigenvalue weighted by Gasteiger charge is -1.90. The van der Waals surface area contributed by atoms with E-state index >= 15 is 0 Å². The lowest BCUT2D eigenvalue weighted by atomic mass is 10.3. The standard InChI is InChI=1S/C10H15N5S/c1-7-6-16-10(12-7)5-9-13-8(14-15-9)3-2-4-11/h6H,2-5,11H2,1H3,(H,13,14,15). The van der Waals surface area contributed by atoms with E-state index in [0.29, 0.717) is 6.54 Å². The van der Waals surface area contributed by atoms with Gasteiger partial charge in [0.2, 0.25) is 0 Å². The third-order valence-electron chi connectivity index (χ3n) is 2.17. The van der Waals surface area contributed by atoms with Crippen molar-refractivity contribution in [3.05, 3.63) is 27.7 Å². The van der Waals surface area contributed by atoms with Crippen LogP contribution in [0.25, 0.3) is 0 Å². The van der Waals surface area contributed by atoms with Gasteiger partial charge in [-0.2, -0.15) is 5.10 Å². The van der Waals surface area contributed by atoms with Crippen LogP contribution < -0.4 is 5.73 Å². The Kier molecular flexibility index (Phi) is 3.63. The molecule has 5 nitrogen and oxygen atoms in total. The zero-order valence-electron chi connectivity index (χ0n) is 9.23. The number of H-pyrrole nitrogens is 1. The van der Waals surface area contributed by atoms with Crippen LogP contribution in [0.3, 0.4) is 0 Å². The van der Waals surface area contributed by atoms with Crippen LogP contribution in [-0.4, -0.2) is 26.7 Å². The summed E-state index contributed by atoms with van der Waals surface area (Å²) in [5.41, 5.74) is 6.49. The molecule has 0 saturated heterocycles. The molecule has 86 valence electrons. The molecule has 3 N–H and O–H groups in total. The van der Waals surface area contributed by atoms with E-state index in [-0.39, 0.29) is 0 Å². The topological polar surface area (TPSA) is 80.5 Å². The molecule has 2 rings (SSSR count). The molecule has 0 radical (unpaired) electrons. The number of nitrogens with zero attached hydrogens (tertiary/aromatic N) is 3. The fourth-order valence-electron chi connectivity index (χ4n) is 1.41. The van der Waals surface area contributed by atoms with Crippen LogP contribution in [-0.2, 0) is 12.8 Å². The normalized spacial score (nSPS) is 10.9. The first-order chi connectivity index (χ1) is 7.78. The van der Waals surface area contributed by atoms with Crippen LogP contribution >= 0.6 is 11.3 Å². The molecule has 2 aromatic rings. The maximum Gasteiger partial charge on any atom is 0.150 e. The summed E-state index contributed by atoms with van der Waals surface area (Å²) >= 11 is 1.65. The number of aromatic amines is 1. The van der Waals surface area contributed by atoms with E-state index in [4.69, 9.17) is 5.73 Å². The molecule has 0 aliphatic rings. The Hall–Kier alpha value is -1.27. The first-order valence-electron chi connectivity index (χ1n) is 5.29. The maximum absolute atomic E-state index is 5.44. The number of hydrogen-bond acceptors (Lipinski definition) is 5. The molecule has 16 heavy (non-hydrogen) atoms. The van der Waals surface area contributed by atoms with Crippen molar-refractivity contribution < 1.29 is 0 Å². The Morgan fingerprint density at radius 2 is 2.31 bits per heavy atom. The zero-order chi connectivity index (χ0) is 11.4. The van der Waals surface area contributed by atoms with Gasteiger partial charge in [0, 0.05) is 17.5 Å². The molecule has 0 aliphatic carbocycles. The molecule has 6 heteroatoms. The summed E-state index contributed by atoms with van der Waals surface area (Å²) in [4.78, 5) is 8.78. The summed E-state index contributed by atoms with van der Waals surface area (Å²) in [5, 5.41) is 10.2. The van der Waals surface area contributed by atoms with Gasteiger partial charge in [-0.25, -0.2) is 9.97 Å². The second kappa shape index (κ2) is 5.18. The summed E-state index contributed by atoms with van der Waals surface area (Å²) in [6.07, 6.45) is 2.49. The highest BCUT2D eigenvalue weighted by Gasteiger charge is 2.06. The maximum atomic E-state index is 5.44. The van der Waals surface area contributed by atoms with Gasteiger partial charge in [-0.1, -0.05) is 0 Å². The molecule has 2 aromatic heterocycles. The third-order valence-corrected chi connectivity index (χ3v) is 3.13. The number of aryl methyl sites for hydroxylation is 2. The van der Waals surface area contributed by atoms with Crippen LogP contribution in [0.5, 0.6) is 0 Å². The van der Waals surface area contributed by atoms with Crippen molar-refractivity contribution in [2.75, 3.05) is 6.54 Å². The van der Waals surface area contributed by atoms with Gasteiger partial charge in [0.15, 0.2) is 5.82 Å². The monoisotopic (exact) mass is 237 g/mol. The van der Waals surface area contributed by atoms with Gasteiger partial charge in [-0.15, -0.1) is 11.3 Å². The summed E-state index contributed by atoms with van der Waals surface area (Å²) in [6.45, 7) is 2.67. The molecule has 0 unspecified atom stereocenters. The van der Waals surface area contributed by atoms with E-state index in [2.05, 4.69) is 20.2 Å². The lowest BCUT2D eigenvalue weighted by Crippen LogP contribution is -2.01. The highest BCUT2D eigenvalue weighted by atomic mass is 32.1. The second-order valence-electron chi connectivity index (χ2n) is 3.65. The van der Waals surface area contributed by atoms with Crippen LogP contribution in [0.15, 0.2) is 5.38 Å². The van der Waals surface area contributed by atoms with Crippen LogP contribution in [0.1, 0.15) is 28.8 Å². The minimum atomic E-state index is 0.676. The number of hydrogen-bond donors (Lipinski definition) is 2. The summed E-state index contributed by atoms with van der Waals surface area (Å²) in [6, 6.07) is 0. The van der Waals surface area contributed by atoms with Gasteiger partial charge < -0.3 is 5.73 Å².